The van der Waals surface area contributed by atoms with Crippen molar-refractivity contribution in [3.8, 4) is 22.6 Å². The Balaban J connectivity index is 1.29. The van der Waals surface area contributed by atoms with Gasteiger partial charge in [0, 0.05) is 48.2 Å². The standard InChI is InChI=1S/C26H23N5O3/c1-33-20-5-6-23(28-15-20)31-26(32)19-4-2-3-17(13-19)14-29-25-21-9-12-34-24(21)22(16-30-25)18-7-10-27-11-8-18/h2-8,10-11,13,15-16H,9,12,14H2,1H3,(H,29,30)(H,28,31,32). The first kappa shape index (κ1) is 21.4. The number of anilines is 2. The van der Waals surface area contributed by atoms with Crippen LogP contribution < -0.4 is 20.1 Å². The smallest absolute Gasteiger partial charge is 0.256 e. The molecule has 0 aliphatic carbocycles. The number of nitrogens with zero attached hydrogens (tertiary/aromatic N) is 3. The van der Waals surface area contributed by atoms with E-state index in [-0.39, 0.29) is 5.91 Å². The van der Waals surface area contributed by atoms with Crippen molar-refractivity contribution in [3.63, 3.8) is 0 Å². The highest BCUT2D eigenvalue weighted by Crippen LogP contribution is 2.39. The van der Waals surface area contributed by atoms with Crippen LogP contribution in [0.1, 0.15) is 21.5 Å². The maximum Gasteiger partial charge on any atom is 0.256 e. The molecular weight excluding hydrogens is 430 g/mol. The number of ether oxygens (including phenoxy) is 2. The third-order valence-electron chi connectivity index (χ3n) is 5.58. The maximum atomic E-state index is 12.7. The molecule has 0 atom stereocenters. The molecule has 1 aromatic carbocycles. The van der Waals surface area contributed by atoms with Gasteiger partial charge in [0.25, 0.3) is 5.91 Å². The number of hydrogen-bond donors (Lipinski definition) is 2. The lowest BCUT2D eigenvalue weighted by atomic mass is 10.0. The van der Waals surface area contributed by atoms with Crippen LogP contribution in [0.5, 0.6) is 11.5 Å². The monoisotopic (exact) mass is 453 g/mol. The molecule has 0 unspecified atom stereocenters. The zero-order valence-electron chi connectivity index (χ0n) is 18.6. The van der Waals surface area contributed by atoms with Gasteiger partial charge in [-0.3, -0.25) is 9.78 Å². The molecule has 34 heavy (non-hydrogen) atoms. The highest BCUT2D eigenvalue weighted by molar-refractivity contribution is 6.03. The van der Waals surface area contributed by atoms with E-state index in [1.807, 2.05) is 36.5 Å². The molecule has 4 heterocycles. The fraction of sp³-hybridized carbons (Fsp3) is 0.154. The lowest BCUT2D eigenvalue weighted by Gasteiger charge is -2.13. The third-order valence-corrected chi connectivity index (χ3v) is 5.58. The molecule has 0 radical (unpaired) electrons. The van der Waals surface area contributed by atoms with E-state index in [2.05, 4.69) is 25.6 Å². The van der Waals surface area contributed by atoms with Crippen molar-refractivity contribution >= 4 is 17.5 Å². The summed E-state index contributed by atoms with van der Waals surface area (Å²) in [7, 11) is 1.57. The van der Waals surface area contributed by atoms with Crippen LogP contribution in [0, 0.1) is 0 Å². The number of rotatable bonds is 7. The van der Waals surface area contributed by atoms with E-state index in [9.17, 15) is 4.79 Å². The molecule has 8 heteroatoms. The Hall–Kier alpha value is -4.46. The van der Waals surface area contributed by atoms with Gasteiger partial charge >= 0.3 is 0 Å². The molecule has 0 saturated heterocycles. The van der Waals surface area contributed by atoms with Crippen LogP contribution in [0.4, 0.5) is 11.6 Å². The second kappa shape index (κ2) is 9.58. The molecule has 1 aliphatic rings. The number of fused-ring (bicyclic) bond motifs is 1. The van der Waals surface area contributed by atoms with Gasteiger partial charge in [-0.2, -0.15) is 0 Å². The lowest BCUT2D eigenvalue weighted by molar-refractivity contribution is 0.102. The van der Waals surface area contributed by atoms with Crippen molar-refractivity contribution in [1.82, 2.24) is 15.0 Å². The van der Waals surface area contributed by atoms with Gasteiger partial charge in [-0.1, -0.05) is 12.1 Å². The fourth-order valence-corrected chi connectivity index (χ4v) is 3.85. The fourth-order valence-electron chi connectivity index (χ4n) is 3.85. The van der Waals surface area contributed by atoms with Crippen molar-refractivity contribution in [3.05, 3.63) is 90.0 Å². The van der Waals surface area contributed by atoms with Gasteiger partial charge in [0.1, 0.15) is 23.1 Å². The summed E-state index contributed by atoms with van der Waals surface area (Å²) >= 11 is 0. The second-order valence-corrected chi connectivity index (χ2v) is 7.75. The van der Waals surface area contributed by atoms with Gasteiger partial charge in [-0.05, 0) is 47.5 Å². The molecule has 0 fully saturated rings. The van der Waals surface area contributed by atoms with E-state index < -0.39 is 0 Å². The summed E-state index contributed by atoms with van der Waals surface area (Å²) < 4.78 is 11.0. The van der Waals surface area contributed by atoms with E-state index in [1.165, 1.54) is 0 Å². The second-order valence-electron chi connectivity index (χ2n) is 7.75. The number of carbonyl (C=O) groups excluding carboxylic acids is 1. The predicted octanol–water partition coefficient (Wildman–Crippen LogP) is 4.35. The van der Waals surface area contributed by atoms with E-state index >= 15 is 0 Å². The Kier molecular flexibility index (Phi) is 6.03. The Morgan fingerprint density at radius 1 is 1.09 bits per heavy atom. The van der Waals surface area contributed by atoms with Crippen LogP contribution in [0.25, 0.3) is 11.1 Å². The number of benzene rings is 1. The predicted molar refractivity (Wildman–Crippen MR) is 129 cm³/mol. The molecule has 3 aromatic heterocycles. The molecule has 1 amide bonds. The number of aromatic nitrogens is 3. The van der Waals surface area contributed by atoms with Gasteiger partial charge in [0.2, 0.25) is 0 Å². The quantitative estimate of drug-likeness (QED) is 0.429. The summed E-state index contributed by atoms with van der Waals surface area (Å²) in [5.41, 5.74) is 4.56. The largest absolute Gasteiger partial charge is 0.495 e. The van der Waals surface area contributed by atoms with Gasteiger partial charge < -0.3 is 20.1 Å². The highest BCUT2D eigenvalue weighted by atomic mass is 16.5. The molecule has 4 aromatic rings. The minimum atomic E-state index is -0.228. The number of amides is 1. The van der Waals surface area contributed by atoms with Crippen LogP contribution in [0.2, 0.25) is 0 Å². The Morgan fingerprint density at radius 3 is 2.76 bits per heavy atom. The minimum Gasteiger partial charge on any atom is -0.495 e. The highest BCUT2D eigenvalue weighted by Gasteiger charge is 2.22. The van der Waals surface area contributed by atoms with Crippen molar-refractivity contribution in [2.45, 2.75) is 13.0 Å². The van der Waals surface area contributed by atoms with Gasteiger partial charge in [0.15, 0.2) is 0 Å². The van der Waals surface area contributed by atoms with Crippen LogP contribution in [0.15, 0.2) is 73.3 Å². The maximum absolute atomic E-state index is 12.7. The molecule has 5 rings (SSSR count). The first-order chi connectivity index (χ1) is 16.7. The first-order valence-electron chi connectivity index (χ1n) is 10.9. The Bertz CT molecular complexity index is 1310. The van der Waals surface area contributed by atoms with Gasteiger partial charge in [0.05, 0.1) is 19.9 Å². The summed E-state index contributed by atoms with van der Waals surface area (Å²) in [6.45, 7) is 1.15. The van der Waals surface area contributed by atoms with Crippen LogP contribution in [-0.2, 0) is 13.0 Å². The Labute approximate surface area is 197 Å². The van der Waals surface area contributed by atoms with Crippen molar-refractivity contribution in [1.29, 1.82) is 0 Å². The number of hydrogen-bond acceptors (Lipinski definition) is 7. The van der Waals surface area contributed by atoms with Crippen molar-refractivity contribution in [2.75, 3.05) is 24.4 Å². The van der Waals surface area contributed by atoms with Crippen molar-refractivity contribution < 1.29 is 14.3 Å². The lowest BCUT2D eigenvalue weighted by Crippen LogP contribution is -2.13. The average molecular weight is 454 g/mol. The van der Waals surface area contributed by atoms with E-state index in [4.69, 9.17) is 9.47 Å². The average Bonchev–Trinajstić information content (AvgIpc) is 3.39. The number of nitrogens with one attached hydrogen (secondary N) is 2. The topological polar surface area (TPSA) is 98.3 Å². The van der Waals surface area contributed by atoms with E-state index in [1.54, 1.807) is 43.9 Å². The molecular formula is C26H23N5O3. The SMILES string of the molecule is COc1ccc(NC(=O)c2cccc(CNc3ncc(-c4ccncc4)c4c3CCO4)c2)nc1. The normalized spacial score (nSPS) is 11.9. The zero-order chi connectivity index (χ0) is 23.3. The summed E-state index contributed by atoms with van der Waals surface area (Å²) in [4.78, 5) is 25.6. The molecule has 0 saturated carbocycles. The van der Waals surface area contributed by atoms with Crippen LogP contribution in [-0.4, -0.2) is 34.6 Å². The van der Waals surface area contributed by atoms with Crippen molar-refractivity contribution in [2.24, 2.45) is 0 Å². The van der Waals surface area contributed by atoms with Crippen LogP contribution in [0.3, 0.4) is 0 Å². The molecule has 1 aliphatic heterocycles. The summed E-state index contributed by atoms with van der Waals surface area (Å²) in [6, 6.07) is 14.8. The van der Waals surface area contributed by atoms with E-state index in [0.717, 1.165) is 40.2 Å². The Morgan fingerprint density at radius 2 is 1.97 bits per heavy atom. The first-order valence-corrected chi connectivity index (χ1v) is 10.9. The number of pyridine rings is 3. The summed E-state index contributed by atoms with van der Waals surface area (Å²) in [5, 5.41) is 6.21. The molecule has 8 nitrogen and oxygen atoms in total. The molecule has 0 spiro atoms. The summed E-state index contributed by atoms with van der Waals surface area (Å²) in [6.07, 6.45) is 7.70. The van der Waals surface area contributed by atoms with Crippen LogP contribution >= 0.6 is 0 Å². The minimum absolute atomic E-state index is 0.228. The molecule has 0 bridgehead atoms. The summed E-state index contributed by atoms with van der Waals surface area (Å²) in [5.74, 6) is 2.52. The molecule has 2 N–H and O–H groups in total. The zero-order valence-corrected chi connectivity index (χ0v) is 18.6. The molecule has 170 valence electrons. The third kappa shape index (κ3) is 4.52. The van der Waals surface area contributed by atoms with Gasteiger partial charge in [-0.25, -0.2) is 9.97 Å². The van der Waals surface area contributed by atoms with Gasteiger partial charge in [-0.15, -0.1) is 0 Å². The number of carbonyl (C=O) groups is 1. The number of methoxy groups -OCH3 is 1. The van der Waals surface area contributed by atoms with E-state index in [0.29, 0.717) is 30.3 Å².